The van der Waals surface area contributed by atoms with Gasteiger partial charge in [-0.1, -0.05) is 18.9 Å². The fraction of sp³-hybridized carbons (Fsp3) is 0.600. The monoisotopic (exact) mass is 437 g/mol. The first-order chi connectivity index (χ1) is 14.0. The molecule has 2 fully saturated rings. The minimum Gasteiger partial charge on any atom is -0.466 e. The summed E-state index contributed by atoms with van der Waals surface area (Å²) in [6.07, 6.45) is 7.08. The van der Waals surface area contributed by atoms with Crippen LogP contribution in [0.4, 0.5) is 0 Å². The number of ether oxygens (including phenoxy) is 1. The molecule has 0 bridgehead atoms. The molecule has 0 N–H and O–H groups in total. The van der Waals surface area contributed by atoms with E-state index in [2.05, 4.69) is 0 Å². The number of rotatable bonds is 6. The van der Waals surface area contributed by atoms with E-state index < -0.39 is 10.0 Å². The topological polar surface area (TPSA) is 81.5 Å². The van der Waals surface area contributed by atoms with Crippen LogP contribution in [-0.2, 0) is 19.6 Å². The van der Waals surface area contributed by atoms with Crippen molar-refractivity contribution >= 4 is 27.3 Å². The number of nitrogens with zero attached hydrogens (tertiary/aromatic N) is 3. The van der Waals surface area contributed by atoms with E-state index in [1.54, 1.807) is 13.1 Å². The third kappa shape index (κ3) is 4.13. The van der Waals surface area contributed by atoms with Gasteiger partial charge < -0.3 is 4.74 Å². The number of aromatic nitrogens is 2. The van der Waals surface area contributed by atoms with Gasteiger partial charge in [0.25, 0.3) is 0 Å². The molecule has 7 nitrogen and oxygen atoms in total. The van der Waals surface area contributed by atoms with E-state index in [0.717, 1.165) is 30.6 Å². The molecular weight excluding hydrogens is 410 g/mol. The lowest BCUT2D eigenvalue weighted by atomic mass is 9.98. The van der Waals surface area contributed by atoms with Crippen LogP contribution in [0.25, 0.3) is 10.6 Å². The second-order valence-electron chi connectivity index (χ2n) is 7.67. The number of esters is 1. The Hall–Kier alpha value is -1.71. The summed E-state index contributed by atoms with van der Waals surface area (Å²) in [5.74, 6) is -0.447. The van der Waals surface area contributed by atoms with Crippen LogP contribution in [0, 0.1) is 5.92 Å². The van der Waals surface area contributed by atoms with Gasteiger partial charge in [0.05, 0.1) is 23.4 Å². The lowest BCUT2D eigenvalue weighted by Gasteiger charge is -2.29. The zero-order chi connectivity index (χ0) is 20.4. The Morgan fingerprint density at radius 1 is 1.24 bits per heavy atom. The third-order valence-corrected chi connectivity index (χ3v) is 8.62. The van der Waals surface area contributed by atoms with Crippen LogP contribution in [0.2, 0.25) is 0 Å². The van der Waals surface area contributed by atoms with Crippen molar-refractivity contribution in [3.63, 3.8) is 0 Å². The summed E-state index contributed by atoms with van der Waals surface area (Å²) in [6.45, 7) is 2.78. The normalized spacial score (nSPS) is 19.6. The van der Waals surface area contributed by atoms with E-state index in [-0.39, 0.29) is 22.8 Å². The highest BCUT2D eigenvalue weighted by atomic mass is 32.2. The average Bonchev–Trinajstić information content (AvgIpc) is 3.49. The number of sulfonamides is 1. The van der Waals surface area contributed by atoms with E-state index in [9.17, 15) is 13.2 Å². The molecular formula is C20H27N3O4S2. The maximum absolute atomic E-state index is 13.5. The Morgan fingerprint density at radius 2 is 1.97 bits per heavy atom. The SMILES string of the molecule is CCOC(=O)C1CCN(S(=O)(=O)c2cn(C3CCCC3)nc2-c2cccs2)CC1. The predicted octanol–water partition coefficient (Wildman–Crippen LogP) is 3.69. The van der Waals surface area contributed by atoms with Crippen LogP contribution in [0.5, 0.6) is 0 Å². The molecule has 0 spiro atoms. The highest BCUT2D eigenvalue weighted by Crippen LogP contribution is 2.36. The van der Waals surface area contributed by atoms with Gasteiger partial charge in [-0.25, -0.2) is 8.42 Å². The van der Waals surface area contributed by atoms with Crippen molar-refractivity contribution in [3.05, 3.63) is 23.7 Å². The highest BCUT2D eigenvalue weighted by Gasteiger charge is 2.36. The van der Waals surface area contributed by atoms with Crippen LogP contribution in [-0.4, -0.2) is 48.2 Å². The molecule has 1 saturated carbocycles. The Kier molecular flexibility index (Phi) is 6.08. The van der Waals surface area contributed by atoms with Gasteiger partial charge in [-0.15, -0.1) is 11.3 Å². The first kappa shape index (κ1) is 20.6. The molecule has 0 aromatic carbocycles. The standard InChI is InChI=1S/C20H27N3O4S2/c1-2-27-20(24)15-9-11-22(12-10-15)29(25,26)18-14-23(16-6-3-4-7-16)21-19(18)17-8-5-13-28-17/h5,8,13-16H,2-4,6-7,9-12H2,1H3. The van der Waals surface area contributed by atoms with Crippen molar-refractivity contribution < 1.29 is 17.9 Å². The third-order valence-electron chi connectivity index (χ3n) is 5.84. The summed E-state index contributed by atoms with van der Waals surface area (Å²) < 4.78 is 35.4. The summed E-state index contributed by atoms with van der Waals surface area (Å²) in [5, 5.41) is 6.65. The number of piperidine rings is 1. The fourth-order valence-corrected chi connectivity index (χ4v) is 6.63. The smallest absolute Gasteiger partial charge is 0.309 e. The highest BCUT2D eigenvalue weighted by molar-refractivity contribution is 7.89. The van der Waals surface area contributed by atoms with Gasteiger partial charge in [0.2, 0.25) is 10.0 Å². The zero-order valence-electron chi connectivity index (χ0n) is 16.6. The van der Waals surface area contributed by atoms with Gasteiger partial charge in [0, 0.05) is 19.3 Å². The molecule has 1 aliphatic carbocycles. The lowest BCUT2D eigenvalue weighted by Crippen LogP contribution is -2.40. The van der Waals surface area contributed by atoms with E-state index in [0.29, 0.717) is 38.2 Å². The molecule has 4 rings (SSSR count). The first-order valence-corrected chi connectivity index (χ1v) is 12.6. The van der Waals surface area contributed by atoms with Crippen molar-refractivity contribution in [2.75, 3.05) is 19.7 Å². The molecule has 2 aromatic heterocycles. The molecule has 29 heavy (non-hydrogen) atoms. The summed E-state index contributed by atoms with van der Waals surface area (Å²) in [6, 6.07) is 4.10. The molecule has 2 aliphatic rings. The van der Waals surface area contributed by atoms with E-state index in [1.165, 1.54) is 15.6 Å². The summed E-state index contributed by atoms with van der Waals surface area (Å²) >= 11 is 1.50. The van der Waals surface area contributed by atoms with Gasteiger partial charge >= 0.3 is 5.97 Å². The Labute approximate surface area is 175 Å². The molecule has 0 radical (unpaired) electrons. The van der Waals surface area contributed by atoms with E-state index >= 15 is 0 Å². The predicted molar refractivity (Wildman–Crippen MR) is 111 cm³/mol. The largest absolute Gasteiger partial charge is 0.466 e. The zero-order valence-corrected chi connectivity index (χ0v) is 18.3. The van der Waals surface area contributed by atoms with Crippen LogP contribution >= 0.6 is 11.3 Å². The van der Waals surface area contributed by atoms with Gasteiger partial charge in [-0.2, -0.15) is 9.40 Å². The summed E-state index contributed by atoms with van der Waals surface area (Å²) in [7, 11) is -3.68. The quantitative estimate of drug-likeness (QED) is 0.644. The maximum Gasteiger partial charge on any atom is 0.309 e. The Balaban J connectivity index is 1.60. The lowest BCUT2D eigenvalue weighted by molar-refractivity contribution is -0.149. The van der Waals surface area contributed by atoms with Crippen molar-refractivity contribution in [3.8, 4) is 10.6 Å². The molecule has 158 valence electrons. The Morgan fingerprint density at radius 3 is 2.59 bits per heavy atom. The number of carbonyl (C=O) groups excluding carboxylic acids is 1. The van der Waals surface area contributed by atoms with Gasteiger partial charge in [-0.05, 0) is 44.1 Å². The summed E-state index contributed by atoms with van der Waals surface area (Å²) in [5.41, 5.74) is 0.541. The second kappa shape index (κ2) is 8.57. The maximum atomic E-state index is 13.5. The average molecular weight is 438 g/mol. The molecule has 1 saturated heterocycles. The fourth-order valence-electron chi connectivity index (χ4n) is 4.23. The first-order valence-electron chi connectivity index (χ1n) is 10.3. The van der Waals surface area contributed by atoms with Gasteiger partial charge in [0.15, 0.2) is 0 Å². The summed E-state index contributed by atoms with van der Waals surface area (Å²) in [4.78, 5) is 13.1. The van der Waals surface area contributed by atoms with Crippen molar-refractivity contribution in [1.29, 1.82) is 0 Å². The molecule has 2 aromatic rings. The van der Waals surface area contributed by atoms with Crippen molar-refractivity contribution in [2.45, 2.75) is 56.4 Å². The van der Waals surface area contributed by atoms with Crippen LogP contribution in [0.3, 0.4) is 0 Å². The van der Waals surface area contributed by atoms with E-state index in [1.807, 2.05) is 22.2 Å². The van der Waals surface area contributed by atoms with Crippen molar-refractivity contribution in [1.82, 2.24) is 14.1 Å². The number of hydrogen-bond acceptors (Lipinski definition) is 6. The second-order valence-corrected chi connectivity index (χ2v) is 10.5. The molecule has 9 heteroatoms. The molecule has 1 aliphatic heterocycles. The van der Waals surface area contributed by atoms with Crippen LogP contribution in [0.15, 0.2) is 28.6 Å². The molecule has 0 unspecified atom stereocenters. The minimum absolute atomic E-state index is 0.223. The molecule has 0 amide bonds. The van der Waals surface area contributed by atoms with E-state index in [4.69, 9.17) is 9.84 Å². The number of carbonyl (C=O) groups is 1. The number of thiophene rings is 1. The van der Waals surface area contributed by atoms with Crippen molar-refractivity contribution in [2.24, 2.45) is 5.92 Å². The molecule has 0 atom stereocenters. The Bertz CT molecular complexity index is 939. The van der Waals surface area contributed by atoms with Gasteiger partial charge in [-0.3, -0.25) is 9.48 Å². The van der Waals surface area contributed by atoms with Crippen LogP contribution in [0.1, 0.15) is 51.5 Å². The van der Waals surface area contributed by atoms with Crippen LogP contribution < -0.4 is 0 Å². The molecule has 3 heterocycles. The minimum atomic E-state index is -3.68. The van der Waals surface area contributed by atoms with Gasteiger partial charge in [0.1, 0.15) is 10.6 Å². The number of hydrogen-bond donors (Lipinski definition) is 0.